The summed E-state index contributed by atoms with van der Waals surface area (Å²) in [6, 6.07) is 3.15. The summed E-state index contributed by atoms with van der Waals surface area (Å²) in [5.41, 5.74) is 0.0390. The van der Waals surface area contributed by atoms with Gasteiger partial charge in [0.2, 0.25) is 0 Å². The maximum Gasteiger partial charge on any atom is 0.323 e. The number of hydrogen-bond acceptors (Lipinski definition) is 3. The van der Waals surface area contributed by atoms with Gasteiger partial charge in [-0.15, -0.1) is 0 Å². The zero-order valence-electron chi connectivity index (χ0n) is 13.7. The summed E-state index contributed by atoms with van der Waals surface area (Å²) in [4.78, 5) is 27.3. The SMILES string of the molecule is CC(C)C(NC(=O)Nc1ccc(Br)cc1F)c1nccn1CC(=O)O. The van der Waals surface area contributed by atoms with Gasteiger partial charge in [0.15, 0.2) is 0 Å². The Labute approximate surface area is 152 Å². The van der Waals surface area contributed by atoms with Gasteiger partial charge in [-0.3, -0.25) is 4.79 Å². The second-order valence-electron chi connectivity index (χ2n) is 5.75. The van der Waals surface area contributed by atoms with E-state index < -0.39 is 23.9 Å². The number of rotatable bonds is 6. The normalized spacial score (nSPS) is 12.0. The van der Waals surface area contributed by atoms with E-state index in [2.05, 4.69) is 31.5 Å². The topological polar surface area (TPSA) is 96.3 Å². The van der Waals surface area contributed by atoms with Crippen LogP contribution in [0.3, 0.4) is 0 Å². The number of aromatic nitrogens is 2. The van der Waals surface area contributed by atoms with E-state index in [0.29, 0.717) is 10.3 Å². The van der Waals surface area contributed by atoms with Gasteiger partial charge in [-0.1, -0.05) is 29.8 Å². The molecule has 9 heteroatoms. The summed E-state index contributed by atoms with van der Waals surface area (Å²) in [7, 11) is 0. The molecule has 0 aliphatic heterocycles. The van der Waals surface area contributed by atoms with Crippen LogP contribution in [0.4, 0.5) is 14.9 Å². The highest BCUT2D eigenvalue weighted by molar-refractivity contribution is 9.10. The monoisotopic (exact) mass is 412 g/mol. The number of carboxylic acid groups (broad SMARTS) is 1. The molecule has 1 atom stereocenters. The molecule has 1 aromatic carbocycles. The van der Waals surface area contributed by atoms with Gasteiger partial charge in [0.05, 0.1) is 11.7 Å². The van der Waals surface area contributed by atoms with Crippen LogP contribution < -0.4 is 10.6 Å². The van der Waals surface area contributed by atoms with Gasteiger partial charge in [-0.25, -0.2) is 14.2 Å². The molecule has 25 heavy (non-hydrogen) atoms. The number of urea groups is 1. The first-order valence-electron chi connectivity index (χ1n) is 7.53. The lowest BCUT2D eigenvalue weighted by Gasteiger charge is -2.23. The summed E-state index contributed by atoms with van der Waals surface area (Å²) in [6.45, 7) is 3.47. The number of nitrogens with zero attached hydrogens (tertiary/aromatic N) is 2. The molecule has 2 amide bonds. The fraction of sp³-hybridized carbons (Fsp3) is 0.312. The molecule has 0 saturated heterocycles. The van der Waals surface area contributed by atoms with Crippen molar-refractivity contribution in [1.29, 1.82) is 0 Å². The molecule has 1 aromatic heterocycles. The van der Waals surface area contributed by atoms with Crippen LogP contribution in [0.25, 0.3) is 0 Å². The fourth-order valence-corrected chi connectivity index (χ4v) is 2.63. The number of nitrogens with one attached hydrogen (secondary N) is 2. The minimum atomic E-state index is -1.01. The van der Waals surface area contributed by atoms with E-state index in [0.717, 1.165) is 0 Å². The van der Waals surface area contributed by atoms with Crippen molar-refractivity contribution in [3.63, 3.8) is 0 Å². The Morgan fingerprint density at radius 1 is 1.40 bits per heavy atom. The number of carboxylic acids is 1. The van der Waals surface area contributed by atoms with Crippen LogP contribution in [0.5, 0.6) is 0 Å². The Balaban J connectivity index is 2.15. The Bertz CT molecular complexity index is 778. The minimum absolute atomic E-state index is 0.0390. The molecule has 0 spiro atoms. The van der Waals surface area contributed by atoms with Crippen molar-refractivity contribution in [3.05, 3.63) is 46.7 Å². The lowest BCUT2D eigenvalue weighted by atomic mass is 10.0. The maximum atomic E-state index is 13.8. The summed E-state index contributed by atoms with van der Waals surface area (Å²) in [5, 5.41) is 14.1. The quantitative estimate of drug-likeness (QED) is 0.677. The van der Waals surface area contributed by atoms with Crippen LogP contribution in [0.2, 0.25) is 0 Å². The van der Waals surface area contributed by atoms with Gasteiger partial charge in [0.1, 0.15) is 18.2 Å². The largest absolute Gasteiger partial charge is 0.480 e. The third-order valence-electron chi connectivity index (χ3n) is 3.46. The summed E-state index contributed by atoms with van der Waals surface area (Å²) in [6.07, 6.45) is 3.01. The zero-order chi connectivity index (χ0) is 18.6. The molecule has 1 heterocycles. The van der Waals surface area contributed by atoms with Crippen molar-refractivity contribution in [1.82, 2.24) is 14.9 Å². The number of carbonyl (C=O) groups is 2. The first-order chi connectivity index (χ1) is 11.8. The number of carbonyl (C=O) groups excluding carboxylic acids is 1. The highest BCUT2D eigenvalue weighted by Crippen LogP contribution is 2.22. The van der Waals surface area contributed by atoms with E-state index in [-0.39, 0.29) is 18.2 Å². The summed E-state index contributed by atoms with van der Waals surface area (Å²) in [5.74, 6) is -1.22. The Morgan fingerprint density at radius 2 is 2.12 bits per heavy atom. The third kappa shape index (κ3) is 5.02. The molecule has 3 N–H and O–H groups in total. The molecular weight excluding hydrogens is 395 g/mol. The van der Waals surface area contributed by atoms with Crippen molar-refractivity contribution in [3.8, 4) is 0 Å². The second-order valence-corrected chi connectivity index (χ2v) is 6.67. The van der Waals surface area contributed by atoms with Crippen LogP contribution in [0, 0.1) is 11.7 Å². The summed E-state index contributed by atoms with van der Waals surface area (Å²) >= 11 is 3.15. The van der Waals surface area contributed by atoms with Gasteiger partial charge in [-0.2, -0.15) is 0 Å². The lowest BCUT2D eigenvalue weighted by Crippen LogP contribution is -2.37. The van der Waals surface area contributed by atoms with E-state index in [4.69, 9.17) is 5.11 Å². The molecule has 2 aromatic rings. The Kier molecular flexibility index (Phi) is 6.13. The predicted octanol–water partition coefficient (Wildman–Crippen LogP) is 3.39. The Morgan fingerprint density at radius 3 is 2.72 bits per heavy atom. The predicted molar refractivity (Wildman–Crippen MR) is 93.7 cm³/mol. The van der Waals surface area contributed by atoms with Crippen molar-refractivity contribution in [2.24, 2.45) is 5.92 Å². The molecule has 0 bridgehead atoms. The van der Waals surface area contributed by atoms with Crippen LogP contribution in [0.1, 0.15) is 25.7 Å². The summed E-state index contributed by atoms with van der Waals surface area (Å²) < 4.78 is 15.8. The molecule has 0 fully saturated rings. The van der Waals surface area contributed by atoms with Crippen LogP contribution >= 0.6 is 15.9 Å². The van der Waals surface area contributed by atoms with Gasteiger partial charge in [0, 0.05) is 16.9 Å². The number of halogens is 2. The van der Waals surface area contributed by atoms with Gasteiger partial charge >= 0.3 is 12.0 Å². The highest BCUT2D eigenvalue weighted by atomic mass is 79.9. The Hall–Kier alpha value is -2.42. The number of aliphatic carboxylic acids is 1. The average Bonchev–Trinajstić information content (AvgIpc) is 2.94. The first kappa shape index (κ1) is 18.9. The smallest absolute Gasteiger partial charge is 0.323 e. The van der Waals surface area contributed by atoms with Crippen LogP contribution in [-0.2, 0) is 11.3 Å². The van der Waals surface area contributed by atoms with E-state index >= 15 is 0 Å². The number of amides is 2. The van der Waals surface area contributed by atoms with Crippen LogP contribution in [0.15, 0.2) is 35.1 Å². The van der Waals surface area contributed by atoms with Gasteiger partial charge in [0.25, 0.3) is 0 Å². The van der Waals surface area contributed by atoms with Crippen LogP contribution in [-0.4, -0.2) is 26.7 Å². The van der Waals surface area contributed by atoms with Gasteiger partial charge in [-0.05, 0) is 24.1 Å². The van der Waals surface area contributed by atoms with E-state index in [1.165, 1.54) is 29.1 Å². The number of hydrogen-bond donors (Lipinski definition) is 3. The fourth-order valence-electron chi connectivity index (χ4n) is 2.30. The van der Waals surface area contributed by atoms with Crippen molar-refractivity contribution >= 4 is 33.6 Å². The lowest BCUT2D eigenvalue weighted by molar-refractivity contribution is -0.137. The molecule has 2 rings (SSSR count). The van der Waals surface area contributed by atoms with Crippen molar-refractivity contribution in [2.75, 3.05) is 5.32 Å². The molecule has 0 saturated carbocycles. The number of benzene rings is 1. The van der Waals surface area contributed by atoms with Crippen molar-refractivity contribution < 1.29 is 19.1 Å². The van der Waals surface area contributed by atoms with E-state index in [1.807, 2.05) is 13.8 Å². The molecule has 7 nitrogen and oxygen atoms in total. The minimum Gasteiger partial charge on any atom is -0.480 e. The first-order valence-corrected chi connectivity index (χ1v) is 8.32. The highest BCUT2D eigenvalue weighted by Gasteiger charge is 2.24. The molecule has 0 aliphatic carbocycles. The molecular formula is C16H18BrFN4O3. The molecule has 1 unspecified atom stereocenters. The third-order valence-corrected chi connectivity index (χ3v) is 3.96. The van der Waals surface area contributed by atoms with Crippen molar-refractivity contribution in [2.45, 2.75) is 26.4 Å². The molecule has 0 aliphatic rings. The molecule has 134 valence electrons. The zero-order valence-corrected chi connectivity index (χ0v) is 15.2. The van der Waals surface area contributed by atoms with E-state index in [1.54, 1.807) is 6.07 Å². The standard InChI is InChI=1S/C16H18BrFN4O3/c1-9(2)14(15-19-5-6-22(15)8-13(23)24)21-16(25)20-12-4-3-10(17)7-11(12)18/h3-7,9,14H,8H2,1-2H3,(H,23,24)(H2,20,21,25). The van der Waals surface area contributed by atoms with E-state index in [9.17, 15) is 14.0 Å². The average molecular weight is 413 g/mol. The van der Waals surface area contributed by atoms with Gasteiger partial charge < -0.3 is 20.3 Å². The number of imidazole rings is 1. The maximum absolute atomic E-state index is 13.8. The number of anilines is 1. The second kappa shape index (κ2) is 8.11. The molecule has 0 radical (unpaired) electrons.